The van der Waals surface area contributed by atoms with Crippen molar-refractivity contribution in [1.82, 2.24) is 39.5 Å². The Bertz CT molecular complexity index is 4250. The molecule has 9 aromatic carbocycles. The fourth-order valence-corrected chi connectivity index (χ4v) is 10.1. The summed E-state index contributed by atoms with van der Waals surface area (Å²) in [6, 6.07) is 79.6. The number of imidazole rings is 1. The maximum atomic E-state index is 5.64. The minimum atomic E-state index is 0.549. The molecule has 0 bridgehead atoms. The fourth-order valence-electron chi connectivity index (χ4n) is 10.1. The molecule has 8 heteroatoms. The van der Waals surface area contributed by atoms with Gasteiger partial charge in [0.05, 0.1) is 44.8 Å². The molecule has 5 heterocycles. The van der Waals surface area contributed by atoms with Gasteiger partial charge in [0.1, 0.15) is 5.82 Å². The van der Waals surface area contributed by atoms with Crippen LogP contribution >= 0.6 is 0 Å². The minimum Gasteiger partial charge on any atom is -0.292 e. The number of fused-ring (bicyclic) bond motifs is 8. The Morgan fingerprint density at radius 3 is 1.25 bits per heavy atom. The van der Waals surface area contributed by atoms with E-state index in [0.717, 1.165) is 122 Å². The van der Waals surface area contributed by atoms with Crippen LogP contribution in [-0.2, 0) is 0 Å². The van der Waals surface area contributed by atoms with E-state index in [2.05, 4.69) is 180 Å². The molecule has 0 N–H and O–H groups in total. The summed E-state index contributed by atoms with van der Waals surface area (Å²) in [6.07, 6.45) is 3.65. The van der Waals surface area contributed by atoms with Gasteiger partial charge >= 0.3 is 0 Å². The largest absolute Gasteiger partial charge is 0.292 e. The molecule has 0 fully saturated rings. The van der Waals surface area contributed by atoms with Gasteiger partial charge in [-0.25, -0.2) is 24.9 Å². The summed E-state index contributed by atoms with van der Waals surface area (Å²) in [6.45, 7) is 0. The van der Waals surface area contributed by atoms with Crippen molar-refractivity contribution in [3.8, 4) is 84.9 Å². The van der Waals surface area contributed by atoms with E-state index in [0.29, 0.717) is 17.5 Å². The van der Waals surface area contributed by atoms with Gasteiger partial charge < -0.3 is 0 Å². The molecule has 0 saturated carbocycles. The van der Waals surface area contributed by atoms with Crippen LogP contribution in [0.3, 0.4) is 0 Å². The van der Waals surface area contributed by atoms with E-state index in [9.17, 15) is 0 Å². The normalized spacial score (nSPS) is 11.6. The average molecular weight is 933 g/mol. The second-order valence-corrected chi connectivity index (χ2v) is 18.2. The van der Waals surface area contributed by atoms with Crippen LogP contribution in [0.15, 0.2) is 243 Å². The van der Waals surface area contributed by atoms with E-state index < -0.39 is 0 Å². The molecule has 0 aliphatic rings. The lowest BCUT2D eigenvalue weighted by Gasteiger charge is -2.15. The Labute approximate surface area is 419 Å². The van der Waals surface area contributed by atoms with Crippen molar-refractivity contribution in [2.45, 2.75) is 0 Å². The number of benzene rings is 9. The Morgan fingerprint density at radius 2 is 0.712 bits per heavy atom. The number of aromatic nitrogens is 8. The van der Waals surface area contributed by atoms with E-state index in [1.54, 1.807) is 0 Å². The first-order valence-electron chi connectivity index (χ1n) is 24.3. The molecule has 340 valence electrons. The van der Waals surface area contributed by atoms with Gasteiger partial charge in [-0.3, -0.25) is 14.5 Å². The average Bonchev–Trinajstić information content (AvgIpc) is 3.89. The predicted octanol–water partition coefficient (Wildman–Crippen LogP) is 15.7. The molecule has 14 rings (SSSR count). The van der Waals surface area contributed by atoms with Gasteiger partial charge in [0.2, 0.25) is 0 Å². The number of pyridine rings is 2. The Hall–Kier alpha value is -10.1. The Morgan fingerprint density at radius 1 is 0.274 bits per heavy atom. The number of nitrogens with zero attached hydrogens (tertiary/aromatic N) is 8. The van der Waals surface area contributed by atoms with E-state index in [1.807, 2.05) is 67.0 Å². The number of hydrogen-bond acceptors (Lipinski definition) is 7. The Balaban J connectivity index is 1.08. The molecule has 73 heavy (non-hydrogen) atoms. The van der Waals surface area contributed by atoms with Gasteiger partial charge in [-0.05, 0) is 100 Å². The molecular weight excluding hydrogens is 893 g/mol. The summed E-state index contributed by atoms with van der Waals surface area (Å²) in [4.78, 5) is 37.1. The van der Waals surface area contributed by atoms with Crippen LogP contribution in [0.2, 0.25) is 0 Å². The highest BCUT2D eigenvalue weighted by atomic mass is 15.1. The highest BCUT2D eigenvalue weighted by Crippen LogP contribution is 2.41. The zero-order chi connectivity index (χ0) is 48.2. The minimum absolute atomic E-state index is 0.549. The van der Waals surface area contributed by atoms with Gasteiger partial charge in [-0.2, -0.15) is 0 Å². The molecule has 14 aromatic rings. The van der Waals surface area contributed by atoms with Crippen LogP contribution in [0.4, 0.5) is 0 Å². The molecule has 0 radical (unpaired) electrons. The van der Waals surface area contributed by atoms with E-state index in [4.69, 9.17) is 34.9 Å². The summed E-state index contributed by atoms with van der Waals surface area (Å²) >= 11 is 0. The molecule has 5 aromatic heterocycles. The van der Waals surface area contributed by atoms with Crippen molar-refractivity contribution in [2.24, 2.45) is 0 Å². The summed E-state index contributed by atoms with van der Waals surface area (Å²) in [5, 5.41) is 6.45. The lowest BCUT2D eigenvalue weighted by Crippen LogP contribution is -2.01. The number of para-hydroxylation sites is 1. The third-order valence-corrected chi connectivity index (χ3v) is 13.6. The molecular formula is C65H40N8. The van der Waals surface area contributed by atoms with Crippen molar-refractivity contribution < 1.29 is 0 Å². The summed E-state index contributed by atoms with van der Waals surface area (Å²) in [5.41, 5.74) is 13.8. The quantitative estimate of drug-likeness (QED) is 0.140. The fraction of sp³-hybridized carbons (Fsp3) is 0. The van der Waals surface area contributed by atoms with Gasteiger partial charge in [0.25, 0.3) is 0 Å². The second kappa shape index (κ2) is 17.4. The van der Waals surface area contributed by atoms with Gasteiger partial charge in [0.15, 0.2) is 11.6 Å². The Kier molecular flexibility index (Phi) is 9.99. The standard InChI is InChI=1S/C65H40N8/c1-4-18-43(19-5-1)55-39-57(47-30-28-41-16-10-12-22-45(41)34-47)70-63(68-55)49-36-50(64-69-56(44-20-6-2-7-21-44)40-58(71-64)48-31-29-42-17-11-13-23-46(42)35-48)38-51(37-49)65-72-61-53-26-14-32-66-59(53)60-54(27-15-33-67-60)62(61)73(65)52-24-8-3-9-25-52/h1-40H. The third kappa shape index (κ3) is 7.53. The van der Waals surface area contributed by atoms with Crippen molar-refractivity contribution in [2.75, 3.05) is 0 Å². The van der Waals surface area contributed by atoms with Crippen LogP contribution in [0.5, 0.6) is 0 Å². The molecule has 0 amide bonds. The van der Waals surface area contributed by atoms with Gasteiger partial charge in [-0.15, -0.1) is 0 Å². The lowest BCUT2D eigenvalue weighted by atomic mass is 10.0. The lowest BCUT2D eigenvalue weighted by molar-refractivity contribution is 1.10. The van der Waals surface area contributed by atoms with E-state index in [1.165, 1.54) is 0 Å². The van der Waals surface area contributed by atoms with Crippen molar-refractivity contribution in [3.05, 3.63) is 243 Å². The SMILES string of the molecule is c1ccc(-c2cc(-c3ccc4ccccc4c3)nc(-c3cc(-c4nc(-c5ccccc5)cc(-c5ccc6ccccc6c5)n4)cc(-c4nc5c6cccnc6c6ncccc6c5n4-c4ccccc4)c3)n2)cc1. The van der Waals surface area contributed by atoms with E-state index in [-0.39, 0.29) is 0 Å². The van der Waals surface area contributed by atoms with Crippen LogP contribution in [0.1, 0.15) is 0 Å². The monoisotopic (exact) mass is 932 g/mol. The van der Waals surface area contributed by atoms with E-state index >= 15 is 0 Å². The van der Waals surface area contributed by atoms with Crippen LogP contribution < -0.4 is 0 Å². The summed E-state index contributed by atoms with van der Waals surface area (Å²) in [7, 11) is 0. The van der Waals surface area contributed by atoms with Crippen LogP contribution in [0, 0.1) is 0 Å². The zero-order valence-corrected chi connectivity index (χ0v) is 39.2. The number of rotatable bonds is 8. The topological polar surface area (TPSA) is 95.2 Å². The first-order chi connectivity index (χ1) is 36.1. The molecule has 0 spiro atoms. The van der Waals surface area contributed by atoms with Crippen molar-refractivity contribution in [3.63, 3.8) is 0 Å². The van der Waals surface area contributed by atoms with Gasteiger partial charge in [0, 0.05) is 67.8 Å². The maximum Gasteiger partial charge on any atom is 0.160 e. The molecule has 0 saturated heterocycles. The molecule has 0 unspecified atom stereocenters. The molecule has 0 aliphatic heterocycles. The first kappa shape index (κ1) is 41.9. The zero-order valence-electron chi connectivity index (χ0n) is 39.2. The summed E-state index contributed by atoms with van der Waals surface area (Å²) in [5.74, 6) is 1.82. The van der Waals surface area contributed by atoms with Crippen LogP contribution in [-0.4, -0.2) is 39.5 Å². The first-order valence-corrected chi connectivity index (χ1v) is 24.3. The predicted molar refractivity (Wildman–Crippen MR) is 296 cm³/mol. The molecule has 0 atom stereocenters. The number of hydrogen-bond donors (Lipinski definition) is 0. The highest BCUT2D eigenvalue weighted by Gasteiger charge is 2.24. The molecule has 8 nitrogen and oxygen atoms in total. The van der Waals surface area contributed by atoms with Gasteiger partial charge in [-0.1, -0.05) is 152 Å². The summed E-state index contributed by atoms with van der Waals surface area (Å²) < 4.78 is 2.25. The third-order valence-electron chi connectivity index (χ3n) is 13.6. The second-order valence-electron chi connectivity index (χ2n) is 18.2. The molecule has 0 aliphatic carbocycles. The van der Waals surface area contributed by atoms with Crippen molar-refractivity contribution in [1.29, 1.82) is 0 Å². The van der Waals surface area contributed by atoms with Crippen LogP contribution in [0.25, 0.3) is 139 Å². The maximum absolute atomic E-state index is 5.64. The smallest absolute Gasteiger partial charge is 0.160 e. The van der Waals surface area contributed by atoms with Crippen molar-refractivity contribution >= 4 is 54.4 Å². The highest BCUT2D eigenvalue weighted by molar-refractivity contribution is 6.21.